The zero-order chi connectivity index (χ0) is 9.68. The summed E-state index contributed by atoms with van der Waals surface area (Å²) in [4.78, 5) is 2.43. The van der Waals surface area contributed by atoms with Crippen molar-refractivity contribution in [2.45, 2.75) is 33.4 Å². The largest absolute Gasteiger partial charge is 0.297 e. The zero-order valence-corrected chi connectivity index (χ0v) is 8.75. The predicted molar refractivity (Wildman–Crippen MR) is 56.5 cm³/mol. The van der Waals surface area contributed by atoms with Gasteiger partial charge in [-0.1, -0.05) is 25.1 Å². The molecule has 0 amide bonds. The third-order valence-corrected chi connectivity index (χ3v) is 2.29. The van der Waals surface area contributed by atoms with Crippen LogP contribution in [0.2, 0.25) is 0 Å². The van der Waals surface area contributed by atoms with E-state index in [1.165, 1.54) is 5.56 Å². The van der Waals surface area contributed by atoms with E-state index in [1.54, 1.807) is 0 Å². The molecule has 0 aliphatic heterocycles. The minimum absolute atomic E-state index is 0.616. The van der Waals surface area contributed by atoms with Gasteiger partial charge in [0.1, 0.15) is 0 Å². The Balaban J connectivity index is 2.57. The van der Waals surface area contributed by atoms with E-state index in [-0.39, 0.29) is 0 Å². The molecule has 1 nitrogen and oxygen atoms in total. The van der Waals surface area contributed by atoms with Gasteiger partial charge in [-0.2, -0.15) is 0 Å². The summed E-state index contributed by atoms with van der Waals surface area (Å²) in [5.74, 6) is 0. The van der Waals surface area contributed by atoms with E-state index in [9.17, 15) is 0 Å². The fourth-order valence-corrected chi connectivity index (χ4v) is 1.42. The molecule has 0 saturated carbocycles. The zero-order valence-electron chi connectivity index (χ0n) is 8.75. The normalized spacial score (nSPS) is 11.2. The highest BCUT2D eigenvalue weighted by atomic mass is 15.1. The quantitative estimate of drug-likeness (QED) is 0.682. The van der Waals surface area contributed by atoms with Crippen LogP contribution in [-0.2, 0) is 6.54 Å². The van der Waals surface area contributed by atoms with Gasteiger partial charge in [-0.15, -0.1) is 0 Å². The Bertz CT molecular complexity index is 228. The summed E-state index contributed by atoms with van der Waals surface area (Å²) in [6.07, 6.45) is 0. The van der Waals surface area contributed by atoms with E-state index in [0.29, 0.717) is 6.04 Å². The van der Waals surface area contributed by atoms with E-state index in [4.69, 9.17) is 0 Å². The van der Waals surface area contributed by atoms with Gasteiger partial charge in [0, 0.05) is 12.6 Å². The summed E-state index contributed by atoms with van der Waals surface area (Å²) in [5, 5.41) is 0. The summed E-state index contributed by atoms with van der Waals surface area (Å²) in [5.41, 5.74) is 1.35. The van der Waals surface area contributed by atoms with Crippen LogP contribution in [0.15, 0.2) is 24.3 Å². The van der Waals surface area contributed by atoms with Crippen molar-refractivity contribution in [2.24, 2.45) is 0 Å². The van der Waals surface area contributed by atoms with Crippen LogP contribution in [0.3, 0.4) is 0 Å². The Morgan fingerprint density at radius 2 is 2.23 bits per heavy atom. The highest BCUT2D eigenvalue weighted by molar-refractivity contribution is 5.13. The lowest BCUT2D eigenvalue weighted by Crippen LogP contribution is -2.29. The summed E-state index contributed by atoms with van der Waals surface area (Å²) in [6, 6.07) is 11.9. The molecule has 0 aliphatic carbocycles. The summed E-state index contributed by atoms with van der Waals surface area (Å²) < 4.78 is 0. The van der Waals surface area contributed by atoms with Crippen molar-refractivity contribution in [2.75, 3.05) is 6.54 Å². The SMILES string of the molecule is CCN(Cc1c[c]ccc1)C(C)C. The van der Waals surface area contributed by atoms with Crippen molar-refractivity contribution in [3.63, 3.8) is 0 Å². The fraction of sp³-hybridized carbons (Fsp3) is 0.500. The van der Waals surface area contributed by atoms with Crippen molar-refractivity contribution < 1.29 is 0 Å². The molecule has 0 aromatic heterocycles. The minimum atomic E-state index is 0.616. The van der Waals surface area contributed by atoms with Gasteiger partial charge >= 0.3 is 0 Å². The van der Waals surface area contributed by atoms with Gasteiger partial charge in [-0.05, 0) is 38.1 Å². The number of hydrogen-bond donors (Lipinski definition) is 0. The summed E-state index contributed by atoms with van der Waals surface area (Å²) in [6.45, 7) is 8.80. The maximum Gasteiger partial charge on any atom is 0.0236 e. The summed E-state index contributed by atoms with van der Waals surface area (Å²) >= 11 is 0. The van der Waals surface area contributed by atoms with Gasteiger partial charge in [0.15, 0.2) is 0 Å². The van der Waals surface area contributed by atoms with Crippen LogP contribution in [0.1, 0.15) is 26.3 Å². The molecule has 0 fully saturated rings. The van der Waals surface area contributed by atoms with Crippen LogP contribution in [0.4, 0.5) is 0 Å². The van der Waals surface area contributed by atoms with E-state index in [1.807, 2.05) is 12.1 Å². The molecule has 71 valence electrons. The third kappa shape index (κ3) is 3.19. The Labute approximate surface area is 81.4 Å². The number of benzene rings is 1. The molecule has 0 heterocycles. The molecule has 0 unspecified atom stereocenters. The third-order valence-electron chi connectivity index (χ3n) is 2.29. The molecule has 1 aromatic rings. The molecule has 0 aliphatic rings. The Morgan fingerprint density at radius 1 is 1.46 bits per heavy atom. The molecular weight excluding hydrogens is 158 g/mol. The molecule has 0 N–H and O–H groups in total. The highest BCUT2D eigenvalue weighted by Gasteiger charge is 2.06. The Hall–Kier alpha value is -0.820. The average Bonchev–Trinajstić information content (AvgIpc) is 2.15. The molecule has 1 aromatic carbocycles. The van der Waals surface area contributed by atoms with Gasteiger partial charge in [0.2, 0.25) is 0 Å². The first-order valence-electron chi connectivity index (χ1n) is 4.93. The molecule has 0 atom stereocenters. The molecule has 1 radical (unpaired) electrons. The van der Waals surface area contributed by atoms with E-state index in [0.717, 1.165) is 13.1 Å². The average molecular weight is 176 g/mol. The smallest absolute Gasteiger partial charge is 0.0236 e. The molecule has 0 saturated heterocycles. The maximum atomic E-state index is 3.10. The van der Waals surface area contributed by atoms with Crippen LogP contribution in [0.5, 0.6) is 0 Å². The van der Waals surface area contributed by atoms with Crippen molar-refractivity contribution in [1.82, 2.24) is 4.90 Å². The second-order valence-corrected chi connectivity index (χ2v) is 3.57. The molecule has 0 spiro atoms. The lowest BCUT2D eigenvalue weighted by molar-refractivity contribution is 0.225. The van der Waals surface area contributed by atoms with Gasteiger partial charge in [0.25, 0.3) is 0 Å². The summed E-state index contributed by atoms with van der Waals surface area (Å²) in [7, 11) is 0. The van der Waals surface area contributed by atoms with Gasteiger partial charge in [0.05, 0.1) is 0 Å². The van der Waals surface area contributed by atoms with Crippen molar-refractivity contribution in [3.8, 4) is 0 Å². The second-order valence-electron chi connectivity index (χ2n) is 3.57. The molecule has 13 heavy (non-hydrogen) atoms. The number of hydrogen-bond acceptors (Lipinski definition) is 1. The first kappa shape index (κ1) is 10.3. The van der Waals surface area contributed by atoms with Crippen molar-refractivity contribution in [1.29, 1.82) is 0 Å². The molecule has 1 rings (SSSR count). The topological polar surface area (TPSA) is 3.24 Å². The minimum Gasteiger partial charge on any atom is -0.297 e. The number of nitrogens with zero attached hydrogens (tertiary/aromatic N) is 1. The van der Waals surface area contributed by atoms with Crippen LogP contribution in [0.25, 0.3) is 0 Å². The lowest BCUT2D eigenvalue weighted by Gasteiger charge is -2.24. The van der Waals surface area contributed by atoms with Crippen molar-refractivity contribution in [3.05, 3.63) is 35.9 Å². The Kier molecular flexibility index (Phi) is 3.97. The monoisotopic (exact) mass is 176 g/mol. The van der Waals surface area contributed by atoms with E-state index >= 15 is 0 Å². The molecular formula is C12H18N. The molecule has 0 bridgehead atoms. The Morgan fingerprint density at radius 3 is 2.69 bits per heavy atom. The fourth-order valence-electron chi connectivity index (χ4n) is 1.42. The van der Waals surface area contributed by atoms with Crippen LogP contribution in [0, 0.1) is 6.07 Å². The lowest BCUT2D eigenvalue weighted by atomic mass is 10.2. The van der Waals surface area contributed by atoms with Crippen molar-refractivity contribution >= 4 is 0 Å². The van der Waals surface area contributed by atoms with Gasteiger partial charge < -0.3 is 0 Å². The van der Waals surface area contributed by atoms with Gasteiger partial charge in [-0.3, -0.25) is 4.90 Å². The van der Waals surface area contributed by atoms with Crippen LogP contribution in [-0.4, -0.2) is 17.5 Å². The maximum absolute atomic E-state index is 3.10. The van der Waals surface area contributed by atoms with Crippen LogP contribution >= 0.6 is 0 Å². The first-order valence-corrected chi connectivity index (χ1v) is 4.93. The van der Waals surface area contributed by atoms with E-state index < -0.39 is 0 Å². The second kappa shape index (κ2) is 5.03. The number of rotatable bonds is 4. The standard InChI is InChI=1S/C12H18N/c1-4-13(11(2)3)10-12-8-6-5-7-9-12/h5-6,8-9,11H,4,10H2,1-3H3. The van der Waals surface area contributed by atoms with Crippen LogP contribution < -0.4 is 0 Å². The van der Waals surface area contributed by atoms with E-state index in [2.05, 4.69) is 43.9 Å². The highest BCUT2D eigenvalue weighted by Crippen LogP contribution is 2.06. The molecule has 1 heteroatoms. The first-order chi connectivity index (χ1) is 6.24. The van der Waals surface area contributed by atoms with Gasteiger partial charge in [-0.25, -0.2) is 0 Å². The predicted octanol–water partition coefficient (Wildman–Crippen LogP) is 2.72.